The van der Waals surface area contributed by atoms with Crippen molar-refractivity contribution in [2.75, 3.05) is 57.9 Å². The van der Waals surface area contributed by atoms with Crippen LogP contribution in [0.1, 0.15) is 6.42 Å². The van der Waals surface area contributed by atoms with Crippen molar-refractivity contribution in [2.45, 2.75) is 12.5 Å². The highest BCUT2D eigenvalue weighted by Gasteiger charge is 2.33. The summed E-state index contributed by atoms with van der Waals surface area (Å²) in [4.78, 5) is 29.6. The molecule has 0 aromatic heterocycles. The monoisotopic (exact) mass is 363 g/mol. The Morgan fingerprint density at radius 1 is 1.31 bits per heavy atom. The van der Waals surface area contributed by atoms with Crippen LogP contribution in [0.25, 0.3) is 0 Å². The molecule has 3 rings (SSSR count). The summed E-state index contributed by atoms with van der Waals surface area (Å²) in [5.41, 5.74) is 0.814. The smallest absolute Gasteiger partial charge is 0.318 e. The van der Waals surface area contributed by atoms with E-state index in [4.69, 9.17) is 9.84 Å². The molecule has 2 heterocycles. The van der Waals surface area contributed by atoms with Gasteiger partial charge in [-0.2, -0.15) is 0 Å². The third kappa shape index (κ3) is 4.25. The molecule has 0 bridgehead atoms. The van der Waals surface area contributed by atoms with E-state index in [9.17, 15) is 9.59 Å². The first-order valence-electron chi connectivity index (χ1n) is 9.05. The van der Waals surface area contributed by atoms with Crippen molar-refractivity contribution < 1.29 is 24.3 Å². The number of nitrogens with zero attached hydrogens (tertiary/aromatic N) is 2. The number of urea groups is 1. The van der Waals surface area contributed by atoms with Crippen LogP contribution in [0.4, 0.5) is 10.5 Å². The van der Waals surface area contributed by atoms with Gasteiger partial charge in [0, 0.05) is 18.7 Å². The average Bonchev–Trinajstić information content (AvgIpc) is 3.02. The van der Waals surface area contributed by atoms with Crippen molar-refractivity contribution in [3.63, 3.8) is 0 Å². The van der Waals surface area contributed by atoms with Crippen LogP contribution in [0.15, 0.2) is 24.3 Å². The maximum atomic E-state index is 12.5. The molecule has 2 saturated heterocycles. The number of quaternary nitrogens is 1. The van der Waals surface area contributed by atoms with Crippen molar-refractivity contribution >= 4 is 17.6 Å². The topological polar surface area (TPSA) is 86.6 Å². The molecule has 142 valence electrons. The molecule has 0 radical (unpaired) electrons. The number of carbonyl (C=O) groups is 2. The number of piperazine rings is 1. The third-order valence-corrected chi connectivity index (χ3v) is 5.06. The van der Waals surface area contributed by atoms with Crippen molar-refractivity contribution in [2.24, 2.45) is 0 Å². The first-order chi connectivity index (χ1) is 12.6. The van der Waals surface area contributed by atoms with Crippen LogP contribution in [0.2, 0.25) is 0 Å². The Labute approximate surface area is 153 Å². The lowest BCUT2D eigenvalue weighted by Gasteiger charge is -2.32. The zero-order valence-corrected chi connectivity index (χ0v) is 15.1. The van der Waals surface area contributed by atoms with Crippen molar-refractivity contribution in [1.82, 2.24) is 10.2 Å². The van der Waals surface area contributed by atoms with E-state index in [-0.39, 0.29) is 24.6 Å². The van der Waals surface area contributed by atoms with E-state index >= 15 is 0 Å². The lowest BCUT2D eigenvalue weighted by atomic mass is 10.2. The zero-order valence-electron chi connectivity index (χ0n) is 15.1. The Bertz CT molecular complexity index is 629. The number of nitrogens with one attached hydrogen (secondary N) is 2. The molecule has 0 spiro atoms. The number of anilines is 1. The lowest BCUT2D eigenvalue weighted by Crippen LogP contribution is -3.15. The molecule has 2 aliphatic rings. The zero-order chi connectivity index (χ0) is 18.5. The summed E-state index contributed by atoms with van der Waals surface area (Å²) in [6, 6.07) is 7.06. The molecule has 3 amide bonds. The number of hydrogen-bond donors (Lipinski definition) is 3. The largest absolute Gasteiger partial charge is 0.497 e. The second-order valence-electron chi connectivity index (χ2n) is 6.76. The fourth-order valence-corrected chi connectivity index (χ4v) is 3.52. The van der Waals surface area contributed by atoms with Gasteiger partial charge in [0.05, 0.1) is 45.9 Å². The minimum atomic E-state index is -0.181. The highest BCUT2D eigenvalue weighted by Crippen LogP contribution is 2.24. The van der Waals surface area contributed by atoms with Crippen LogP contribution in [0.3, 0.4) is 0 Å². The molecule has 8 nitrogen and oxygen atoms in total. The number of rotatable bonds is 5. The molecule has 2 fully saturated rings. The van der Waals surface area contributed by atoms with E-state index in [2.05, 4.69) is 5.32 Å². The predicted octanol–water partition coefficient (Wildman–Crippen LogP) is -1.30. The fraction of sp³-hybridized carbons (Fsp3) is 0.556. The van der Waals surface area contributed by atoms with E-state index in [1.807, 2.05) is 24.3 Å². The number of hydrogen-bond acceptors (Lipinski definition) is 4. The normalized spacial score (nSPS) is 21.2. The van der Waals surface area contributed by atoms with Crippen LogP contribution in [-0.4, -0.2) is 81.0 Å². The van der Waals surface area contributed by atoms with E-state index in [1.165, 1.54) is 4.90 Å². The maximum Gasteiger partial charge on any atom is 0.318 e. The van der Waals surface area contributed by atoms with E-state index in [1.54, 1.807) is 16.9 Å². The number of benzene rings is 1. The minimum Gasteiger partial charge on any atom is -0.497 e. The number of aliphatic hydroxyl groups excluding tert-OH is 1. The summed E-state index contributed by atoms with van der Waals surface area (Å²) in [5.74, 6) is 0.755. The molecular weight excluding hydrogens is 336 g/mol. The van der Waals surface area contributed by atoms with E-state index in [0.717, 1.165) is 31.1 Å². The Morgan fingerprint density at radius 3 is 2.62 bits per heavy atom. The molecule has 8 heteroatoms. The van der Waals surface area contributed by atoms with Gasteiger partial charge in [0.2, 0.25) is 5.91 Å². The number of amides is 3. The summed E-state index contributed by atoms with van der Waals surface area (Å²) in [6.45, 7) is 4.40. The quantitative estimate of drug-likeness (QED) is 0.607. The molecule has 0 unspecified atom stereocenters. The molecule has 1 aromatic rings. The fourth-order valence-electron chi connectivity index (χ4n) is 3.52. The second kappa shape index (κ2) is 8.37. The van der Waals surface area contributed by atoms with Gasteiger partial charge < -0.3 is 29.9 Å². The maximum absolute atomic E-state index is 12.5. The van der Waals surface area contributed by atoms with Crippen molar-refractivity contribution in [1.29, 1.82) is 0 Å². The Hall–Kier alpha value is -2.32. The molecule has 3 N–H and O–H groups in total. The van der Waals surface area contributed by atoms with Gasteiger partial charge in [-0.25, -0.2) is 4.79 Å². The number of ether oxygens (including phenoxy) is 1. The first kappa shape index (κ1) is 18.5. The van der Waals surface area contributed by atoms with Gasteiger partial charge in [-0.05, 0) is 24.3 Å². The summed E-state index contributed by atoms with van der Waals surface area (Å²) < 4.78 is 5.14. The molecule has 26 heavy (non-hydrogen) atoms. The van der Waals surface area contributed by atoms with Gasteiger partial charge in [0.15, 0.2) is 0 Å². The highest BCUT2D eigenvalue weighted by molar-refractivity contribution is 5.96. The minimum absolute atomic E-state index is 0.0117. The van der Waals surface area contributed by atoms with Gasteiger partial charge in [-0.3, -0.25) is 4.79 Å². The molecule has 1 aromatic carbocycles. The summed E-state index contributed by atoms with van der Waals surface area (Å²) in [5, 5.41) is 12.0. The number of methoxy groups -OCH3 is 1. The SMILES string of the molecule is COc1ccc(N2C[C@H](NC(=O)N3CC[NH+](CCO)CC3)CC2=O)cc1. The summed E-state index contributed by atoms with van der Waals surface area (Å²) in [7, 11) is 1.60. The number of carbonyl (C=O) groups excluding carboxylic acids is 2. The van der Waals surface area contributed by atoms with E-state index in [0.29, 0.717) is 26.1 Å². The highest BCUT2D eigenvalue weighted by atomic mass is 16.5. The second-order valence-corrected chi connectivity index (χ2v) is 6.76. The van der Waals surface area contributed by atoms with Gasteiger partial charge in [-0.1, -0.05) is 0 Å². The van der Waals surface area contributed by atoms with E-state index < -0.39 is 0 Å². The van der Waals surface area contributed by atoms with Crippen LogP contribution >= 0.6 is 0 Å². The Balaban J connectivity index is 1.51. The molecule has 0 saturated carbocycles. The average molecular weight is 363 g/mol. The van der Waals surface area contributed by atoms with Crippen LogP contribution in [0, 0.1) is 0 Å². The Kier molecular flexibility index (Phi) is 5.95. The Morgan fingerprint density at radius 2 is 2.00 bits per heavy atom. The third-order valence-electron chi connectivity index (χ3n) is 5.06. The van der Waals surface area contributed by atoms with Crippen molar-refractivity contribution in [3.05, 3.63) is 24.3 Å². The van der Waals surface area contributed by atoms with Crippen LogP contribution in [0.5, 0.6) is 5.75 Å². The standard InChI is InChI=1S/C18H26N4O4/c1-26-16-4-2-15(3-5-16)22-13-14(12-17(22)24)19-18(25)21-8-6-20(7-9-21)10-11-23/h2-5,14,23H,6-13H2,1H3,(H,19,25)/p+1/t14-/m1/s1. The summed E-state index contributed by atoms with van der Waals surface area (Å²) in [6.07, 6.45) is 0.313. The predicted molar refractivity (Wildman–Crippen MR) is 96.5 cm³/mol. The molecule has 0 aliphatic carbocycles. The first-order valence-corrected chi connectivity index (χ1v) is 9.05. The van der Waals surface area contributed by atoms with Gasteiger partial charge in [-0.15, -0.1) is 0 Å². The molecule has 1 atom stereocenters. The summed E-state index contributed by atoms with van der Waals surface area (Å²) >= 11 is 0. The lowest BCUT2D eigenvalue weighted by molar-refractivity contribution is -0.904. The van der Waals surface area contributed by atoms with Crippen molar-refractivity contribution in [3.8, 4) is 5.75 Å². The van der Waals surface area contributed by atoms with Gasteiger partial charge in [0.1, 0.15) is 12.3 Å². The van der Waals surface area contributed by atoms with Gasteiger partial charge in [0.25, 0.3) is 0 Å². The van der Waals surface area contributed by atoms with Crippen LogP contribution in [-0.2, 0) is 4.79 Å². The molecule has 2 aliphatic heterocycles. The molecular formula is C18H27N4O4+. The van der Waals surface area contributed by atoms with Gasteiger partial charge >= 0.3 is 6.03 Å². The number of aliphatic hydroxyl groups is 1. The van der Waals surface area contributed by atoms with Crippen LogP contribution < -0.4 is 19.9 Å².